The molecular weight excluding hydrogens is 286 g/mol. The molecule has 1 aliphatic rings. The van der Waals surface area contributed by atoms with Crippen LogP contribution in [0.2, 0.25) is 5.15 Å². The molecule has 1 aromatic carbocycles. The number of aliphatic hydroxyl groups is 1. The Bertz CT molecular complexity index is 611. The van der Waals surface area contributed by atoms with Gasteiger partial charge in [0.05, 0.1) is 5.69 Å². The first kappa shape index (κ1) is 14.6. The fourth-order valence-electron chi connectivity index (χ4n) is 2.94. The van der Waals surface area contributed by atoms with Gasteiger partial charge in [0.15, 0.2) is 0 Å². The third-order valence-electron chi connectivity index (χ3n) is 4.13. The first-order valence-corrected chi connectivity index (χ1v) is 7.67. The summed E-state index contributed by atoms with van der Waals surface area (Å²) in [5.41, 5.74) is 3.12. The number of hydrogen-bond donors (Lipinski definition) is 1. The Morgan fingerprint density at radius 1 is 1.33 bits per heavy atom. The van der Waals surface area contributed by atoms with Gasteiger partial charge in [-0.25, -0.2) is 0 Å². The summed E-state index contributed by atoms with van der Waals surface area (Å²) < 4.78 is 1.73. The molecule has 2 heterocycles. The molecule has 0 amide bonds. The standard InChI is InChI=1S/C16H20ClN3O/c1-19-16(17)14(10-20-8-7-12(9-20)11-21)15(18-19)13-5-3-2-4-6-13/h2-6,12,21H,7-11H2,1H3. The van der Waals surface area contributed by atoms with Gasteiger partial charge in [0.2, 0.25) is 0 Å². The maximum atomic E-state index is 9.27. The molecular formula is C16H20ClN3O. The molecule has 0 bridgehead atoms. The van der Waals surface area contributed by atoms with Gasteiger partial charge < -0.3 is 5.11 Å². The largest absolute Gasteiger partial charge is 0.396 e. The number of halogens is 1. The van der Waals surface area contributed by atoms with Gasteiger partial charge >= 0.3 is 0 Å². The molecule has 0 saturated carbocycles. The molecule has 0 radical (unpaired) electrons. The maximum Gasteiger partial charge on any atom is 0.131 e. The third-order valence-corrected chi connectivity index (χ3v) is 4.60. The van der Waals surface area contributed by atoms with E-state index in [4.69, 9.17) is 11.6 Å². The van der Waals surface area contributed by atoms with Crippen molar-refractivity contribution in [3.05, 3.63) is 41.0 Å². The Morgan fingerprint density at radius 3 is 2.76 bits per heavy atom. The summed E-state index contributed by atoms with van der Waals surface area (Å²) >= 11 is 6.44. The summed E-state index contributed by atoms with van der Waals surface area (Å²) in [6.45, 7) is 2.98. The van der Waals surface area contributed by atoms with Crippen molar-refractivity contribution in [1.29, 1.82) is 0 Å². The highest BCUT2D eigenvalue weighted by Crippen LogP contribution is 2.30. The first-order chi connectivity index (χ1) is 10.2. The molecule has 0 aliphatic carbocycles. The zero-order valence-corrected chi connectivity index (χ0v) is 12.9. The predicted molar refractivity (Wildman–Crippen MR) is 84.1 cm³/mol. The van der Waals surface area contributed by atoms with Crippen LogP contribution in [0.15, 0.2) is 30.3 Å². The molecule has 1 atom stereocenters. The first-order valence-electron chi connectivity index (χ1n) is 7.29. The van der Waals surface area contributed by atoms with Crippen LogP contribution in [-0.4, -0.2) is 39.5 Å². The summed E-state index contributed by atoms with van der Waals surface area (Å²) in [4.78, 5) is 2.34. The van der Waals surface area contributed by atoms with Gasteiger partial charge in [-0.1, -0.05) is 41.9 Å². The van der Waals surface area contributed by atoms with Crippen LogP contribution in [-0.2, 0) is 13.6 Å². The molecule has 0 spiro atoms. The number of hydrogen-bond acceptors (Lipinski definition) is 3. The summed E-state index contributed by atoms with van der Waals surface area (Å²) in [5.74, 6) is 0.389. The smallest absolute Gasteiger partial charge is 0.131 e. The maximum absolute atomic E-state index is 9.27. The summed E-state index contributed by atoms with van der Waals surface area (Å²) in [5, 5.41) is 14.5. The molecule has 1 fully saturated rings. The average molecular weight is 306 g/mol. The van der Waals surface area contributed by atoms with E-state index in [-0.39, 0.29) is 6.61 Å². The summed E-state index contributed by atoms with van der Waals surface area (Å²) in [6, 6.07) is 10.1. The van der Waals surface area contributed by atoms with Gasteiger partial charge in [-0.2, -0.15) is 5.10 Å². The lowest BCUT2D eigenvalue weighted by Crippen LogP contribution is -2.21. The second-order valence-electron chi connectivity index (χ2n) is 5.68. The fourth-order valence-corrected chi connectivity index (χ4v) is 3.13. The van der Waals surface area contributed by atoms with Crippen LogP contribution in [0.5, 0.6) is 0 Å². The van der Waals surface area contributed by atoms with E-state index in [0.29, 0.717) is 11.1 Å². The zero-order chi connectivity index (χ0) is 14.8. The average Bonchev–Trinajstić information content (AvgIpc) is 3.08. The van der Waals surface area contributed by atoms with E-state index in [1.54, 1.807) is 4.68 Å². The Labute approximate surface area is 130 Å². The quantitative estimate of drug-likeness (QED) is 0.944. The molecule has 2 aromatic rings. The minimum atomic E-state index is 0.267. The Hall–Kier alpha value is -1.36. The van der Waals surface area contributed by atoms with Crippen molar-refractivity contribution in [3.8, 4) is 11.3 Å². The number of aromatic nitrogens is 2. The van der Waals surface area contributed by atoms with Crippen molar-refractivity contribution in [2.75, 3.05) is 19.7 Å². The van der Waals surface area contributed by atoms with Gasteiger partial charge in [-0.15, -0.1) is 0 Å². The second kappa shape index (κ2) is 6.18. The van der Waals surface area contributed by atoms with Crippen LogP contribution in [0.3, 0.4) is 0 Å². The topological polar surface area (TPSA) is 41.3 Å². The van der Waals surface area contributed by atoms with Gasteiger partial charge in [0.25, 0.3) is 0 Å². The highest BCUT2D eigenvalue weighted by atomic mass is 35.5. The molecule has 1 aliphatic heterocycles. The molecule has 112 valence electrons. The van der Waals surface area contributed by atoms with Crippen LogP contribution in [0.4, 0.5) is 0 Å². The second-order valence-corrected chi connectivity index (χ2v) is 6.04. The fraction of sp³-hybridized carbons (Fsp3) is 0.438. The van der Waals surface area contributed by atoms with Crippen molar-refractivity contribution in [3.63, 3.8) is 0 Å². The van der Waals surface area contributed by atoms with Crippen LogP contribution in [0.25, 0.3) is 11.3 Å². The van der Waals surface area contributed by atoms with Crippen LogP contribution in [0, 0.1) is 5.92 Å². The minimum absolute atomic E-state index is 0.267. The Kier molecular flexibility index (Phi) is 4.29. The van der Waals surface area contributed by atoms with E-state index < -0.39 is 0 Å². The van der Waals surface area contributed by atoms with Crippen molar-refractivity contribution < 1.29 is 5.11 Å². The SMILES string of the molecule is Cn1nc(-c2ccccc2)c(CN2CCC(CO)C2)c1Cl. The van der Waals surface area contributed by atoms with Crippen molar-refractivity contribution in [2.45, 2.75) is 13.0 Å². The molecule has 21 heavy (non-hydrogen) atoms. The van der Waals surface area contributed by atoms with E-state index in [1.807, 2.05) is 25.2 Å². The van der Waals surface area contributed by atoms with E-state index in [1.165, 1.54) is 0 Å². The van der Waals surface area contributed by atoms with E-state index in [2.05, 4.69) is 22.1 Å². The summed E-state index contributed by atoms with van der Waals surface area (Å²) in [7, 11) is 1.87. The van der Waals surface area contributed by atoms with E-state index in [0.717, 1.165) is 42.9 Å². The number of rotatable bonds is 4. The number of likely N-dealkylation sites (tertiary alicyclic amines) is 1. The predicted octanol–water partition coefficient (Wildman–Crippen LogP) is 2.55. The van der Waals surface area contributed by atoms with Crippen LogP contribution >= 0.6 is 11.6 Å². The van der Waals surface area contributed by atoms with Crippen LogP contribution in [0.1, 0.15) is 12.0 Å². The van der Waals surface area contributed by atoms with Crippen molar-refractivity contribution >= 4 is 11.6 Å². The molecule has 3 rings (SSSR count). The monoisotopic (exact) mass is 305 g/mol. The highest BCUT2D eigenvalue weighted by molar-refractivity contribution is 6.30. The highest BCUT2D eigenvalue weighted by Gasteiger charge is 2.25. The minimum Gasteiger partial charge on any atom is -0.396 e. The van der Waals surface area contributed by atoms with Gasteiger partial charge in [-0.3, -0.25) is 9.58 Å². The number of benzene rings is 1. The molecule has 5 heteroatoms. The lowest BCUT2D eigenvalue weighted by atomic mass is 10.1. The molecule has 1 aromatic heterocycles. The zero-order valence-electron chi connectivity index (χ0n) is 12.2. The van der Waals surface area contributed by atoms with Crippen molar-refractivity contribution in [1.82, 2.24) is 14.7 Å². The van der Waals surface area contributed by atoms with E-state index in [9.17, 15) is 5.11 Å². The lowest BCUT2D eigenvalue weighted by Gasteiger charge is -2.16. The Balaban J connectivity index is 1.88. The van der Waals surface area contributed by atoms with Gasteiger partial charge in [0, 0.05) is 37.9 Å². The van der Waals surface area contributed by atoms with Gasteiger partial charge in [0.1, 0.15) is 5.15 Å². The molecule has 1 N–H and O–H groups in total. The van der Waals surface area contributed by atoms with Crippen molar-refractivity contribution in [2.24, 2.45) is 13.0 Å². The lowest BCUT2D eigenvalue weighted by molar-refractivity contribution is 0.220. The van der Waals surface area contributed by atoms with Crippen LogP contribution < -0.4 is 0 Å². The molecule has 1 unspecified atom stereocenters. The normalized spacial score (nSPS) is 19.3. The molecule has 4 nitrogen and oxygen atoms in total. The Morgan fingerprint density at radius 2 is 2.10 bits per heavy atom. The number of aryl methyl sites for hydroxylation is 1. The van der Waals surface area contributed by atoms with E-state index >= 15 is 0 Å². The number of aliphatic hydroxyl groups excluding tert-OH is 1. The third kappa shape index (κ3) is 2.98. The molecule has 1 saturated heterocycles. The summed E-state index contributed by atoms with van der Waals surface area (Å²) in [6.07, 6.45) is 1.05. The van der Waals surface area contributed by atoms with Gasteiger partial charge in [-0.05, 0) is 18.9 Å². The number of nitrogens with zero attached hydrogens (tertiary/aromatic N) is 3.